The van der Waals surface area contributed by atoms with Crippen molar-refractivity contribution in [3.8, 4) is 0 Å². The van der Waals surface area contributed by atoms with E-state index >= 15 is 0 Å². The van der Waals surface area contributed by atoms with Crippen LogP contribution < -0.4 is 0 Å². The molecule has 2 aliphatic rings. The van der Waals surface area contributed by atoms with E-state index in [1.54, 1.807) is 0 Å². The first-order chi connectivity index (χ1) is 17.1. The minimum absolute atomic E-state index is 0.0155. The summed E-state index contributed by atoms with van der Waals surface area (Å²) in [6.07, 6.45) is -4.29. The van der Waals surface area contributed by atoms with E-state index in [0.29, 0.717) is 11.4 Å². The van der Waals surface area contributed by atoms with E-state index in [1.165, 1.54) is 29.6 Å². The Morgan fingerprint density at radius 1 is 1.31 bits per heavy atom. The van der Waals surface area contributed by atoms with Crippen LogP contribution in [0.3, 0.4) is 0 Å². The minimum Gasteiger partial charge on any atom is -0.432 e. The lowest BCUT2D eigenvalue weighted by Gasteiger charge is -2.33. The number of halogens is 5. The molecule has 1 aliphatic carbocycles. The first-order valence-electron chi connectivity index (χ1n) is 11.0. The Hall–Kier alpha value is -3.81. The predicted molar refractivity (Wildman–Crippen MR) is 110 cm³/mol. The normalized spacial score (nSPS) is 19.2. The fourth-order valence-corrected chi connectivity index (χ4v) is 4.50. The number of nitrogens with one attached hydrogen (secondary N) is 1. The van der Waals surface area contributed by atoms with Crippen LogP contribution in [0.25, 0.3) is 5.52 Å². The van der Waals surface area contributed by atoms with Gasteiger partial charge >= 0.3 is 6.18 Å². The zero-order valence-corrected chi connectivity index (χ0v) is 18.3. The monoisotopic (exact) mass is 508 g/mol. The van der Waals surface area contributed by atoms with Crippen LogP contribution in [0.15, 0.2) is 35.1 Å². The number of carbonyl (C=O) groups is 1. The average Bonchev–Trinajstić information content (AvgIpc) is 3.24. The average molecular weight is 508 g/mol. The molecule has 1 amide bonds. The van der Waals surface area contributed by atoms with Gasteiger partial charge in [-0.15, -0.1) is 0 Å². The van der Waals surface area contributed by atoms with Crippen molar-refractivity contribution in [2.45, 2.75) is 43.5 Å². The van der Waals surface area contributed by atoms with Gasteiger partial charge in [0.15, 0.2) is 5.69 Å². The van der Waals surface area contributed by atoms with Gasteiger partial charge in [0.1, 0.15) is 11.6 Å². The highest BCUT2D eigenvalue weighted by atomic mass is 19.4. The van der Waals surface area contributed by atoms with E-state index in [1.807, 2.05) is 0 Å². The summed E-state index contributed by atoms with van der Waals surface area (Å²) in [4.78, 5) is 25.6. The third-order valence-corrected chi connectivity index (χ3v) is 6.47. The lowest BCUT2D eigenvalue weighted by Crippen LogP contribution is -2.41. The topological polar surface area (TPSA) is 113 Å². The molecule has 0 bridgehead atoms. The van der Waals surface area contributed by atoms with Crippen LogP contribution in [0.1, 0.15) is 70.1 Å². The summed E-state index contributed by atoms with van der Waals surface area (Å²) in [5.41, 5.74) is -2.53. The van der Waals surface area contributed by atoms with Crippen molar-refractivity contribution in [3.63, 3.8) is 0 Å². The Balaban J connectivity index is 1.47. The van der Waals surface area contributed by atoms with Gasteiger partial charge < -0.3 is 19.4 Å². The number of carbonyl (C=O) groups excluding carboxylic acids is 1. The molecule has 188 valence electrons. The molecule has 0 spiro atoms. The number of rotatable bonds is 4. The van der Waals surface area contributed by atoms with E-state index in [2.05, 4.69) is 20.1 Å². The number of aromatic nitrogens is 5. The van der Waals surface area contributed by atoms with Gasteiger partial charge in [-0.05, 0) is 31.0 Å². The molecular weight excluding hydrogens is 491 g/mol. The van der Waals surface area contributed by atoms with E-state index in [0.717, 1.165) is 10.6 Å². The van der Waals surface area contributed by atoms with Crippen molar-refractivity contribution in [2.24, 2.45) is 0 Å². The molecule has 4 aromatic rings. The number of imidazole rings is 1. The first-order valence-corrected chi connectivity index (χ1v) is 11.0. The maximum atomic E-state index is 13.8. The molecule has 1 fully saturated rings. The Morgan fingerprint density at radius 2 is 2.08 bits per heavy atom. The van der Waals surface area contributed by atoms with Crippen LogP contribution in [0.2, 0.25) is 0 Å². The van der Waals surface area contributed by atoms with Crippen LogP contribution in [-0.2, 0) is 18.2 Å². The molecule has 36 heavy (non-hydrogen) atoms. The van der Waals surface area contributed by atoms with Crippen LogP contribution in [-0.4, -0.2) is 47.0 Å². The van der Waals surface area contributed by atoms with Gasteiger partial charge in [0.25, 0.3) is 12.3 Å². The molecule has 0 unspecified atom stereocenters. The molecule has 0 radical (unpaired) electrons. The molecule has 5 heterocycles. The summed E-state index contributed by atoms with van der Waals surface area (Å²) in [6, 6.07) is 2.23. The van der Waals surface area contributed by atoms with E-state index in [9.17, 15) is 31.9 Å². The molecular formula is C22H17F5N6O3. The zero-order valence-electron chi connectivity index (χ0n) is 18.3. The molecule has 1 saturated carbocycles. The van der Waals surface area contributed by atoms with Crippen molar-refractivity contribution in [3.05, 3.63) is 70.7 Å². The highest BCUT2D eigenvalue weighted by molar-refractivity contribution is 5.93. The molecule has 2 N–H and O–H groups in total. The number of aromatic amines is 1. The molecule has 14 heteroatoms. The summed E-state index contributed by atoms with van der Waals surface area (Å²) < 4.78 is 74.7. The zero-order chi connectivity index (χ0) is 25.4. The van der Waals surface area contributed by atoms with E-state index in [-0.39, 0.29) is 42.9 Å². The number of H-pyrrole nitrogens is 1. The molecule has 4 aromatic heterocycles. The van der Waals surface area contributed by atoms with Crippen LogP contribution in [0, 0.1) is 0 Å². The van der Waals surface area contributed by atoms with Crippen LogP contribution >= 0.6 is 0 Å². The molecule has 6 rings (SSSR count). The first kappa shape index (κ1) is 22.6. The number of hydrogen-bond donors (Lipinski definition) is 2. The van der Waals surface area contributed by atoms with Gasteiger partial charge in [0.05, 0.1) is 28.8 Å². The predicted octanol–water partition coefficient (Wildman–Crippen LogP) is 3.77. The Labute approximate surface area is 198 Å². The molecule has 0 saturated heterocycles. The van der Waals surface area contributed by atoms with Gasteiger partial charge in [0.2, 0.25) is 11.7 Å². The third kappa shape index (κ3) is 3.46. The van der Waals surface area contributed by atoms with Crippen molar-refractivity contribution in [1.29, 1.82) is 0 Å². The van der Waals surface area contributed by atoms with Gasteiger partial charge in [-0.25, -0.2) is 23.3 Å². The number of oxazole rings is 1. The van der Waals surface area contributed by atoms with Crippen molar-refractivity contribution in [2.75, 3.05) is 6.54 Å². The fourth-order valence-electron chi connectivity index (χ4n) is 4.50. The number of pyridine rings is 1. The third-order valence-electron chi connectivity index (χ3n) is 6.47. The van der Waals surface area contributed by atoms with Gasteiger partial charge in [-0.1, -0.05) is 0 Å². The number of nitrogens with zero attached hydrogens (tertiary/aromatic N) is 5. The van der Waals surface area contributed by atoms with Gasteiger partial charge in [0, 0.05) is 24.9 Å². The number of fused-ring (bicyclic) bond motifs is 2. The summed E-state index contributed by atoms with van der Waals surface area (Å²) >= 11 is 0. The lowest BCUT2D eigenvalue weighted by molar-refractivity contribution is -0.136. The number of alkyl halides is 5. The Morgan fingerprint density at radius 3 is 2.78 bits per heavy atom. The van der Waals surface area contributed by atoms with Gasteiger partial charge in [-0.2, -0.15) is 18.3 Å². The Kier molecular flexibility index (Phi) is 4.78. The second-order valence-corrected chi connectivity index (χ2v) is 8.80. The second-order valence-electron chi connectivity index (χ2n) is 8.80. The Bertz CT molecular complexity index is 1480. The van der Waals surface area contributed by atoms with Crippen molar-refractivity contribution >= 4 is 11.4 Å². The van der Waals surface area contributed by atoms with E-state index in [4.69, 9.17) is 4.42 Å². The molecule has 0 aromatic carbocycles. The summed E-state index contributed by atoms with van der Waals surface area (Å²) in [6.45, 7) is 0.0155. The SMILES string of the molecule is O=C(c1oc(C2(O)CC2)nc1C(F)F)N1CCc2[nH]cnc2[C@H]1c1cc2c(C(F)(F)F)cccn2n1. The number of amides is 1. The minimum atomic E-state index is -4.65. The number of hydrogen-bond acceptors (Lipinski definition) is 6. The standard InChI is InChI=1S/C22H17F5N6O3/c23-18(24)15-17(36-20(30-15)21(35)4-5-21)19(34)32-7-3-11-14(29-9-28-11)16(32)12-8-13-10(22(25,26)27)2-1-6-33(13)31-12/h1-2,6,8-9,16,18,35H,3-5,7H2,(H,28,29)/t16-/m1/s1. The molecule has 1 aliphatic heterocycles. The number of aliphatic hydroxyl groups is 1. The van der Waals surface area contributed by atoms with Crippen LogP contribution in [0.5, 0.6) is 0 Å². The maximum absolute atomic E-state index is 13.8. The maximum Gasteiger partial charge on any atom is 0.418 e. The summed E-state index contributed by atoms with van der Waals surface area (Å²) in [5, 5.41) is 14.5. The lowest BCUT2D eigenvalue weighted by atomic mass is 9.99. The van der Waals surface area contributed by atoms with Gasteiger partial charge in [-0.3, -0.25) is 4.79 Å². The summed E-state index contributed by atoms with van der Waals surface area (Å²) in [7, 11) is 0. The highest BCUT2D eigenvalue weighted by Gasteiger charge is 2.49. The summed E-state index contributed by atoms with van der Waals surface area (Å²) in [5.74, 6) is -2.05. The smallest absolute Gasteiger partial charge is 0.418 e. The highest BCUT2D eigenvalue weighted by Crippen LogP contribution is 2.46. The quantitative estimate of drug-likeness (QED) is 0.406. The van der Waals surface area contributed by atoms with E-state index < -0.39 is 47.2 Å². The second kappa shape index (κ2) is 7.59. The molecule has 9 nitrogen and oxygen atoms in total. The van der Waals surface area contributed by atoms with Crippen LogP contribution in [0.4, 0.5) is 22.0 Å². The molecule has 1 atom stereocenters. The van der Waals surface area contributed by atoms with Crippen molar-refractivity contribution < 1.29 is 36.3 Å². The fraction of sp³-hybridized carbons (Fsp3) is 0.364. The van der Waals surface area contributed by atoms with Crippen molar-refractivity contribution in [1.82, 2.24) is 29.5 Å². The largest absolute Gasteiger partial charge is 0.432 e.